The van der Waals surface area contributed by atoms with Gasteiger partial charge in [0.15, 0.2) is 0 Å². The molecule has 3 aliphatic rings. The van der Waals surface area contributed by atoms with Crippen LogP contribution in [0.5, 0.6) is 0 Å². The predicted molar refractivity (Wildman–Crippen MR) is 137 cm³/mol. The van der Waals surface area contributed by atoms with Gasteiger partial charge in [-0.3, -0.25) is 4.79 Å². The number of anilines is 2. The average molecular weight is 469 g/mol. The molecule has 3 heterocycles. The Kier molecular flexibility index (Phi) is 5.86. The molecule has 2 aliphatic heterocycles. The lowest BCUT2D eigenvalue weighted by molar-refractivity contribution is -0.131. The molecule has 1 saturated carbocycles. The van der Waals surface area contributed by atoms with Crippen molar-refractivity contribution < 1.29 is 4.79 Å². The van der Waals surface area contributed by atoms with Gasteiger partial charge in [-0.25, -0.2) is 9.97 Å². The number of nitrogens with zero attached hydrogens (tertiary/aromatic N) is 5. The van der Waals surface area contributed by atoms with E-state index in [0.29, 0.717) is 12.5 Å². The highest BCUT2D eigenvalue weighted by Gasteiger charge is 2.45. The molecular weight excluding hydrogens is 436 g/mol. The molecule has 2 atom stereocenters. The summed E-state index contributed by atoms with van der Waals surface area (Å²) in [5, 5.41) is 3.78. The van der Waals surface area contributed by atoms with Crippen LogP contribution in [-0.4, -0.2) is 53.0 Å². The van der Waals surface area contributed by atoms with Crippen LogP contribution in [0.4, 0.5) is 11.6 Å². The standard InChI is InChI=1S/C28H32N6O/c1-32(15-20-8-4-2-5-9-20)26-23-14-29-24-17-33(28(35)22-12-13-22)18-25(24)34(27(23)31-19-30-26)16-21-10-6-3-7-11-21/h2-11,19,22,24-25,29H,12-18H2,1H3/t24-,25-/m0/s1. The summed E-state index contributed by atoms with van der Waals surface area (Å²) in [5.41, 5.74) is 3.61. The number of carbonyl (C=O) groups excluding carboxylic acids is 1. The minimum Gasteiger partial charge on any atom is -0.355 e. The zero-order valence-corrected chi connectivity index (χ0v) is 20.2. The predicted octanol–water partition coefficient (Wildman–Crippen LogP) is 3.21. The third kappa shape index (κ3) is 4.48. The van der Waals surface area contributed by atoms with E-state index in [1.165, 1.54) is 11.1 Å². The van der Waals surface area contributed by atoms with Crippen LogP contribution in [-0.2, 0) is 24.4 Å². The van der Waals surface area contributed by atoms with Gasteiger partial charge in [0.2, 0.25) is 5.91 Å². The van der Waals surface area contributed by atoms with Crippen LogP contribution in [0.15, 0.2) is 67.0 Å². The van der Waals surface area contributed by atoms with Gasteiger partial charge < -0.3 is 20.0 Å². The van der Waals surface area contributed by atoms with Crippen molar-refractivity contribution in [2.75, 3.05) is 29.9 Å². The van der Waals surface area contributed by atoms with E-state index in [1.54, 1.807) is 6.33 Å². The van der Waals surface area contributed by atoms with Crippen molar-refractivity contribution in [2.45, 2.75) is 44.6 Å². The molecule has 0 bridgehead atoms. The number of carbonyl (C=O) groups is 1. The van der Waals surface area contributed by atoms with Crippen LogP contribution in [0.2, 0.25) is 0 Å². The molecule has 1 saturated heterocycles. The molecule has 6 rings (SSSR count). The number of benzene rings is 2. The number of hydrogen-bond donors (Lipinski definition) is 1. The first-order valence-corrected chi connectivity index (χ1v) is 12.6. The zero-order valence-electron chi connectivity index (χ0n) is 20.2. The second-order valence-corrected chi connectivity index (χ2v) is 10.0. The number of nitrogens with one attached hydrogen (secondary N) is 1. The number of aromatic nitrogens is 2. The lowest BCUT2D eigenvalue weighted by Gasteiger charge is -2.33. The molecule has 1 aromatic heterocycles. The van der Waals surface area contributed by atoms with Crippen molar-refractivity contribution in [3.05, 3.63) is 83.7 Å². The molecule has 2 fully saturated rings. The van der Waals surface area contributed by atoms with Crippen molar-refractivity contribution in [2.24, 2.45) is 5.92 Å². The lowest BCUT2D eigenvalue weighted by Crippen LogP contribution is -2.47. The van der Waals surface area contributed by atoms with E-state index in [-0.39, 0.29) is 18.0 Å². The highest BCUT2D eigenvalue weighted by molar-refractivity contribution is 5.81. The Morgan fingerprint density at radius 1 is 1.00 bits per heavy atom. The van der Waals surface area contributed by atoms with Gasteiger partial charge in [0.1, 0.15) is 18.0 Å². The molecule has 1 N–H and O–H groups in total. The Labute approximate surface area is 206 Å². The van der Waals surface area contributed by atoms with E-state index in [9.17, 15) is 4.79 Å². The molecule has 2 aromatic carbocycles. The van der Waals surface area contributed by atoms with Gasteiger partial charge in [0.05, 0.1) is 11.6 Å². The first kappa shape index (κ1) is 22.0. The van der Waals surface area contributed by atoms with Gasteiger partial charge >= 0.3 is 0 Å². The fourth-order valence-corrected chi connectivity index (χ4v) is 5.49. The molecule has 0 unspecified atom stereocenters. The Morgan fingerprint density at radius 2 is 1.71 bits per heavy atom. The Morgan fingerprint density at radius 3 is 2.43 bits per heavy atom. The number of amides is 1. The van der Waals surface area contributed by atoms with Crippen molar-refractivity contribution >= 4 is 17.5 Å². The van der Waals surface area contributed by atoms with Crippen molar-refractivity contribution in [1.29, 1.82) is 0 Å². The van der Waals surface area contributed by atoms with Crippen LogP contribution in [0.1, 0.15) is 29.5 Å². The van der Waals surface area contributed by atoms with Gasteiger partial charge in [-0.15, -0.1) is 0 Å². The second kappa shape index (κ2) is 9.30. The summed E-state index contributed by atoms with van der Waals surface area (Å²) in [4.78, 5) is 29.2. The first-order chi connectivity index (χ1) is 17.2. The maximum Gasteiger partial charge on any atom is 0.225 e. The molecule has 1 aliphatic carbocycles. The summed E-state index contributed by atoms with van der Waals surface area (Å²) in [6.45, 7) is 3.70. The summed E-state index contributed by atoms with van der Waals surface area (Å²) in [5.74, 6) is 2.49. The van der Waals surface area contributed by atoms with Crippen LogP contribution in [0.3, 0.4) is 0 Å². The fraction of sp³-hybridized carbons (Fsp3) is 0.393. The van der Waals surface area contributed by atoms with Gasteiger partial charge in [-0.05, 0) is 24.0 Å². The quantitative estimate of drug-likeness (QED) is 0.599. The lowest BCUT2D eigenvalue weighted by atomic mass is 10.1. The van der Waals surface area contributed by atoms with Crippen LogP contribution >= 0.6 is 0 Å². The number of hydrogen-bond acceptors (Lipinski definition) is 6. The van der Waals surface area contributed by atoms with E-state index in [1.807, 2.05) is 6.07 Å². The number of rotatable bonds is 6. The summed E-state index contributed by atoms with van der Waals surface area (Å²) in [6, 6.07) is 21.4. The topological polar surface area (TPSA) is 64.6 Å². The molecule has 7 heteroatoms. The minimum absolute atomic E-state index is 0.168. The summed E-state index contributed by atoms with van der Waals surface area (Å²) in [7, 11) is 2.10. The minimum atomic E-state index is 0.168. The van der Waals surface area contributed by atoms with Gasteiger partial charge in [-0.2, -0.15) is 0 Å². The Hall–Kier alpha value is -3.45. The smallest absolute Gasteiger partial charge is 0.225 e. The summed E-state index contributed by atoms with van der Waals surface area (Å²) >= 11 is 0. The maximum atomic E-state index is 12.9. The zero-order chi connectivity index (χ0) is 23.8. The van der Waals surface area contributed by atoms with Gasteiger partial charge in [-0.1, -0.05) is 60.7 Å². The molecule has 0 spiro atoms. The fourth-order valence-electron chi connectivity index (χ4n) is 5.49. The highest BCUT2D eigenvalue weighted by atomic mass is 16.2. The third-order valence-corrected chi connectivity index (χ3v) is 7.46. The summed E-state index contributed by atoms with van der Waals surface area (Å²) < 4.78 is 0. The van der Waals surface area contributed by atoms with E-state index in [0.717, 1.165) is 56.2 Å². The second-order valence-electron chi connectivity index (χ2n) is 10.0. The highest BCUT2D eigenvalue weighted by Crippen LogP contribution is 2.36. The molecule has 3 aromatic rings. The third-order valence-electron chi connectivity index (χ3n) is 7.46. The monoisotopic (exact) mass is 468 g/mol. The van der Waals surface area contributed by atoms with E-state index < -0.39 is 0 Å². The average Bonchev–Trinajstić information content (AvgIpc) is 3.68. The Bertz CT molecular complexity index is 1180. The van der Waals surface area contributed by atoms with E-state index >= 15 is 0 Å². The van der Waals surface area contributed by atoms with Gasteiger partial charge in [0.25, 0.3) is 0 Å². The molecule has 35 heavy (non-hydrogen) atoms. The molecule has 1 amide bonds. The van der Waals surface area contributed by atoms with Crippen LogP contribution in [0, 0.1) is 5.92 Å². The normalized spacial score (nSPS) is 21.3. The van der Waals surface area contributed by atoms with Crippen LogP contribution < -0.4 is 15.1 Å². The van der Waals surface area contributed by atoms with Crippen molar-refractivity contribution in [3.8, 4) is 0 Å². The Balaban J connectivity index is 1.34. The molecule has 7 nitrogen and oxygen atoms in total. The van der Waals surface area contributed by atoms with Crippen LogP contribution in [0.25, 0.3) is 0 Å². The molecule has 0 radical (unpaired) electrons. The number of fused-ring (bicyclic) bond motifs is 2. The van der Waals surface area contributed by atoms with Gasteiger partial charge in [0, 0.05) is 51.7 Å². The van der Waals surface area contributed by atoms with Crippen molar-refractivity contribution in [1.82, 2.24) is 20.2 Å². The van der Waals surface area contributed by atoms with E-state index in [2.05, 4.69) is 81.7 Å². The molecule has 180 valence electrons. The maximum absolute atomic E-state index is 12.9. The first-order valence-electron chi connectivity index (χ1n) is 12.6. The SMILES string of the molecule is CN(Cc1ccccc1)c1ncnc2c1CN[C@H]1CN(C(=O)C3CC3)C[C@@H]1N2Cc1ccccc1. The van der Waals surface area contributed by atoms with Crippen molar-refractivity contribution in [3.63, 3.8) is 0 Å². The van der Waals surface area contributed by atoms with E-state index in [4.69, 9.17) is 9.97 Å². The summed E-state index contributed by atoms with van der Waals surface area (Å²) in [6.07, 6.45) is 3.77. The largest absolute Gasteiger partial charge is 0.355 e. The number of likely N-dealkylation sites (tertiary alicyclic amines) is 1. The molecular formula is C28H32N6O.